The first-order chi connectivity index (χ1) is 19.0. The first kappa shape index (κ1) is 31.1. The summed E-state index contributed by atoms with van der Waals surface area (Å²) in [6, 6.07) is 16.2. The number of rotatable bonds is 12. The molecule has 1 unspecified atom stereocenters. The molecule has 0 radical (unpaired) electrons. The van der Waals surface area contributed by atoms with Crippen LogP contribution in [-0.4, -0.2) is 58.5 Å². The van der Waals surface area contributed by atoms with Gasteiger partial charge < -0.3 is 19.7 Å². The fourth-order valence-corrected chi connectivity index (χ4v) is 5.87. The molecule has 0 aliphatic heterocycles. The van der Waals surface area contributed by atoms with Crippen LogP contribution in [0.2, 0.25) is 10.0 Å². The van der Waals surface area contributed by atoms with E-state index in [9.17, 15) is 18.0 Å². The summed E-state index contributed by atoms with van der Waals surface area (Å²) in [5.74, 6) is -0.485. The first-order valence-electron chi connectivity index (χ1n) is 12.3. The standard InChI is InChI=1S/C28H31Cl2N3O6S/c1-5-31-28(35)19(2)32(17-20-11-12-21(29)15-24(20)30)27(34)18-33(40(36,37)23-9-7-6-8-10-23)25-16-22(38-3)13-14-26(25)39-4/h6-16,19H,5,17-18H2,1-4H3,(H,31,35). The van der Waals surface area contributed by atoms with E-state index in [0.717, 1.165) is 4.31 Å². The molecule has 12 heteroatoms. The van der Waals surface area contributed by atoms with Crippen molar-refractivity contribution in [2.45, 2.75) is 31.3 Å². The van der Waals surface area contributed by atoms with Gasteiger partial charge in [-0.15, -0.1) is 0 Å². The fourth-order valence-electron chi connectivity index (χ4n) is 3.96. The SMILES string of the molecule is CCNC(=O)C(C)N(Cc1ccc(Cl)cc1Cl)C(=O)CN(c1cc(OC)ccc1OC)S(=O)(=O)c1ccccc1. The highest BCUT2D eigenvalue weighted by molar-refractivity contribution is 7.92. The minimum atomic E-state index is -4.28. The second kappa shape index (κ2) is 13.7. The van der Waals surface area contributed by atoms with Gasteiger partial charge in [-0.05, 0) is 55.8 Å². The van der Waals surface area contributed by atoms with Gasteiger partial charge in [0.15, 0.2) is 0 Å². The van der Waals surface area contributed by atoms with Crippen LogP contribution in [-0.2, 0) is 26.2 Å². The van der Waals surface area contributed by atoms with Gasteiger partial charge >= 0.3 is 0 Å². The zero-order valence-electron chi connectivity index (χ0n) is 22.6. The summed E-state index contributed by atoms with van der Waals surface area (Å²) < 4.78 is 39.6. The topological polar surface area (TPSA) is 105 Å². The van der Waals surface area contributed by atoms with Crippen LogP contribution in [0.5, 0.6) is 11.5 Å². The summed E-state index contributed by atoms with van der Waals surface area (Å²) in [5, 5.41) is 3.42. The Morgan fingerprint density at radius 1 is 0.975 bits per heavy atom. The van der Waals surface area contributed by atoms with Crippen LogP contribution >= 0.6 is 23.2 Å². The van der Waals surface area contributed by atoms with Gasteiger partial charge in [0.05, 0.1) is 24.8 Å². The normalized spacial score (nSPS) is 11.8. The molecule has 40 heavy (non-hydrogen) atoms. The Balaban J connectivity index is 2.13. The van der Waals surface area contributed by atoms with Gasteiger partial charge in [0.25, 0.3) is 10.0 Å². The van der Waals surface area contributed by atoms with E-state index in [-0.39, 0.29) is 22.9 Å². The molecule has 0 aromatic heterocycles. The monoisotopic (exact) mass is 607 g/mol. The maximum absolute atomic E-state index is 14.0. The van der Waals surface area contributed by atoms with Crippen molar-refractivity contribution in [2.75, 3.05) is 31.6 Å². The average molecular weight is 609 g/mol. The summed E-state index contributed by atoms with van der Waals surface area (Å²) in [4.78, 5) is 28.1. The number of nitrogens with one attached hydrogen (secondary N) is 1. The lowest BCUT2D eigenvalue weighted by molar-refractivity contribution is -0.139. The number of methoxy groups -OCH3 is 2. The number of amides is 2. The van der Waals surface area contributed by atoms with Crippen molar-refractivity contribution in [1.29, 1.82) is 0 Å². The van der Waals surface area contributed by atoms with Crippen LogP contribution in [0.1, 0.15) is 19.4 Å². The van der Waals surface area contributed by atoms with E-state index in [4.69, 9.17) is 32.7 Å². The average Bonchev–Trinajstić information content (AvgIpc) is 2.95. The van der Waals surface area contributed by atoms with E-state index >= 15 is 0 Å². The maximum Gasteiger partial charge on any atom is 0.264 e. The number of sulfonamides is 1. The molecule has 0 saturated carbocycles. The zero-order chi connectivity index (χ0) is 29.4. The number of carbonyl (C=O) groups excluding carboxylic acids is 2. The highest BCUT2D eigenvalue weighted by Gasteiger charge is 2.34. The lowest BCUT2D eigenvalue weighted by Crippen LogP contribution is -2.51. The van der Waals surface area contributed by atoms with Crippen LogP contribution in [0.3, 0.4) is 0 Å². The molecule has 3 aromatic rings. The fraction of sp³-hybridized carbons (Fsp3) is 0.286. The summed E-state index contributed by atoms with van der Waals surface area (Å²) >= 11 is 12.4. The number of halogens is 2. The molecule has 0 fully saturated rings. The predicted octanol–water partition coefficient (Wildman–Crippen LogP) is 4.76. The van der Waals surface area contributed by atoms with Gasteiger partial charge in [-0.25, -0.2) is 8.42 Å². The molecule has 9 nitrogen and oxygen atoms in total. The minimum Gasteiger partial charge on any atom is -0.497 e. The Morgan fingerprint density at radius 3 is 2.27 bits per heavy atom. The third-order valence-electron chi connectivity index (χ3n) is 6.14. The quantitative estimate of drug-likeness (QED) is 0.318. The Kier molecular flexibility index (Phi) is 10.7. The van der Waals surface area contributed by atoms with Crippen LogP contribution in [0.25, 0.3) is 0 Å². The molecule has 0 bridgehead atoms. The number of benzene rings is 3. The van der Waals surface area contributed by atoms with Crippen LogP contribution in [0, 0.1) is 0 Å². The highest BCUT2D eigenvalue weighted by Crippen LogP contribution is 2.36. The van der Waals surface area contributed by atoms with Gasteiger partial charge in [-0.3, -0.25) is 13.9 Å². The van der Waals surface area contributed by atoms with Crippen molar-refractivity contribution in [1.82, 2.24) is 10.2 Å². The molecule has 0 heterocycles. The van der Waals surface area contributed by atoms with E-state index in [1.54, 1.807) is 56.3 Å². The third-order valence-corrected chi connectivity index (χ3v) is 8.50. The molecule has 0 spiro atoms. The van der Waals surface area contributed by atoms with Crippen molar-refractivity contribution in [3.8, 4) is 11.5 Å². The van der Waals surface area contributed by atoms with E-state index in [1.807, 2.05) is 0 Å². The molecular formula is C28H31Cl2N3O6S. The van der Waals surface area contributed by atoms with E-state index < -0.39 is 34.4 Å². The summed E-state index contributed by atoms with van der Waals surface area (Å²) in [6.07, 6.45) is 0. The second-order valence-corrected chi connectivity index (χ2v) is 11.4. The molecule has 0 aliphatic rings. The van der Waals surface area contributed by atoms with Crippen LogP contribution in [0.4, 0.5) is 5.69 Å². The summed E-state index contributed by atoms with van der Waals surface area (Å²) in [6.45, 7) is 2.96. The van der Waals surface area contributed by atoms with Crippen molar-refractivity contribution >= 4 is 50.7 Å². The van der Waals surface area contributed by atoms with Gasteiger partial charge in [0, 0.05) is 29.2 Å². The smallest absolute Gasteiger partial charge is 0.264 e. The van der Waals surface area contributed by atoms with Gasteiger partial charge in [-0.2, -0.15) is 0 Å². The molecule has 3 rings (SSSR count). The van der Waals surface area contributed by atoms with Gasteiger partial charge in [0.1, 0.15) is 24.1 Å². The number of anilines is 1. The van der Waals surface area contributed by atoms with Crippen molar-refractivity contribution in [3.05, 3.63) is 82.3 Å². The maximum atomic E-state index is 14.0. The molecule has 1 N–H and O–H groups in total. The molecular weight excluding hydrogens is 577 g/mol. The van der Waals surface area contributed by atoms with Crippen molar-refractivity contribution in [2.24, 2.45) is 0 Å². The predicted molar refractivity (Wildman–Crippen MR) is 156 cm³/mol. The molecule has 214 valence electrons. The van der Waals surface area contributed by atoms with Crippen LogP contribution < -0.4 is 19.1 Å². The van der Waals surface area contributed by atoms with Crippen molar-refractivity contribution in [3.63, 3.8) is 0 Å². The molecule has 1 atom stereocenters. The van der Waals surface area contributed by atoms with E-state index in [2.05, 4.69) is 5.32 Å². The Morgan fingerprint density at radius 2 is 1.68 bits per heavy atom. The number of nitrogens with zero attached hydrogens (tertiary/aromatic N) is 2. The van der Waals surface area contributed by atoms with E-state index in [1.165, 1.54) is 43.4 Å². The second-order valence-electron chi connectivity index (χ2n) is 8.69. The number of ether oxygens (including phenoxy) is 2. The molecule has 0 saturated heterocycles. The number of carbonyl (C=O) groups is 2. The molecule has 3 aromatic carbocycles. The summed E-state index contributed by atoms with van der Waals surface area (Å²) in [5.41, 5.74) is 0.626. The molecule has 0 aliphatic carbocycles. The third kappa shape index (κ3) is 7.18. The zero-order valence-corrected chi connectivity index (χ0v) is 24.9. The lowest BCUT2D eigenvalue weighted by Gasteiger charge is -2.32. The Labute approximate surface area is 244 Å². The summed E-state index contributed by atoms with van der Waals surface area (Å²) in [7, 11) is -1.44. The van der Waals surface area contributed by atoms with Gasteiger partial charge in [0.2, 0.25) is 11.8 Å². The van der Waals surface area contributed by atoms with Crippen LogP contribution in [0.15, 0.2) is 71.6 Å². The number of likely N-dealkylation sites (N-methyl/N-ethyl adjacent to an activating group) is 1. The number of hydrogen-bond acceptors (Lipinski definition) is 6. The minimum absolute atomic E-state index is 0.0308. The lowest BCUT2D eigenvalue weighted by atomic mass is 10.1. The van der Waals surface area contributed by atoms with Crippen molar-refractivity contribution < 1.29 is 27.5 Å². The Bertz CT molecular complexity index is 1450. The largest absolute Gasteiger partial charge is 0.497 e. The van der Waals surface area contributed by atoms with Gasteiger partial charge in [-0.1, -0.05) is 47.5 Å². The molecule has 2 amide bonds. The number of hydrogen-bond donors (Lipinski definition) is 1. The van der Waals surface area contributed by atoms with E-state index in [0.29, 0.717) is 27.9 Å². The first-order valence-corrected chi connectivity index (χ1v) is 14.5. The Hall–Kier alpha value is -3.47. The highest BCUT2D eigenvalue weighted by atomic mass is 35.5.